The topological polar surface area (TPSA) is 65.5 Å². The number of carbonyl (C=O) groups is 1. The van der Waals surface area contributed by atoms with Gasteiger partial charge in [-0.2, -0.15) is 0 Å². The van der Waals surface area contributed by atoms with Gasteiger partial charge in [0.15, 0.2) is 0 Å². The highest BCUT2D eigenvalue weighted by Crippen LogP contribution is 2.32. The first-order valence-electron chi connectivity index (χ1n) is 5.44. The van der Waals surface area contributed by atoms with Gasteiger partial charge in [-0.15, -0.1) is 11.8 Å². The molecular weight excluding hydrogens is 286 g/mol. The van der Waals surface area contributed by atoms with Crippen LogP contribution in [0.25, 0.3) is 0 Å². The van der Waals surface area contributed by atoms with Gasteiger partial charge in [-0.3, -0.25) is 0 Å². The molecule has 0 aliphatic heterocycles. The molecule has 0 saturated heterocycles. The lowest BCUT2D eigenvalue weighted by Gasteiger charge is -2.05. The second-order valence-electron chi connectivity index (χ2n) is 3.75. The Hall–Kier alpha value is -1.59. The molecule has 2 aromatic rings. The van der Waals surface area contributed by atoms with Crippen LogP contribution in [0, 0.1) is 0 Å². The van der Waals surface area contributed by atoms with E-state index in [4.69, 9.17) is 21.8 Å². The molecule has 1 heterocycles. The Morgan fingerprint density at radius 2 is 2.26 bits per heavy atom. The number of anilines is 1. The number of esters is 1. The molecule has 100 valence electrons. The van der Waals surface area contributed by atoms with Crippen LogP contribution in [0.4, 0.5) is 5.69 Å². The Balaban J connectivity index is 2.13. The monoisotopic (exact) mass is 297 g/mol. The highest BCUT2D eigenvalue weighted by Gasteiger charge is 2.16. The average Bonchev–Trinajstić information content (AvgIpc) is 2.87. The molecule has 19 heavy (non-hydrogen) atoms. The largest absolute Gasteiger partial charge is 0.463 e. The lowest BCUT2D eigenvalue weighted by molar-refractivity contribution is 0.0564. The van der Waals surface area contributed by atoms with E-state index in [1.165, 1.54) is 25.1 Å². The highest BCUT2D eigenvalue weighted by molar-refractivity contribution is 7.98. The van der Waals surface area contributed by atoms with Crippen LogP contribution < -0.4 is 5.73 Å². The van der Waals surface area contributed by atoms with E-state index in [0.29, 0.717) is 16.5 Å². The Labute approximate surface area is 119 Å². The molecule has 4 nitrogen and oxygen atoms in total. The van der Waals surface area contributed by atoms with Gasteiger partial charge in [0, 0.05) is 21.9 Å². The van der Waals surface area contributed by atoms with Crippen LogP contribution in [-0.2, 0) is 10.5 Å². The molecule has 2 N–H and O–H groups in total. The summed E-state index contributed by atoms with van der Waals surface area (Å²) in [7, 11) is 1.32. The second kappa shape index (κ2) is 6.04. The number of hydrogen-bond donors (Lipinski definition) is 1. The molecule has 0 amide bonds. The van der Waals surface area contributed by atoms with Crippen molar-refractivity contribution in [3.63, 3.8) is 0 Å². The number of nitrogen functional groups attached to an aromatic ring is 1. The number of carbonyl (C=O) groups excluding carboxylic acids is 1. The van der Waals surface area contributed by atoms with Crippen molar-refractivity contribution in [1.29, 1.82) is 0 Å². The predicted molar refractivity (Wildman–Crippen MR) is 75.5 cm³/mol. The maximum absolute atomic E-state index is 11.5. The summed E-state index contributed by atoms with van der Waals surface area (Å²) in [6.45, 7) is 0. The molecule has 0 atom stereocenters. The van der Waals surface area contributed by atoms with Crippen molar-refractivity contribution in [2.45, 2.75) is 10.6 Å². The molecule has 0 radical (unpaired) electrons. The normalized spacial score (nSPS) is 10.4. The number of halogens is 1. The van der Waals surface area contributed by atoms with Crippen molar-refractivity contribution in [3.05, 3.63) is 46.9 Å². The van der Waals surface area contributed by atoms with Gasteiger partial charge >= 0.3 is 5.97 Å². The molecule has 0 fully saturated rings. The Morgan fingerprint density at radius 1 is 1.47 bits per heavy atom. The smallest absolute Gasteiger partial charge is 0.374 e. The van der Waals surface area contributed by atoms with E-state index in [0.717, 1.165) is 10.5 Å². The van der Waals surface area contributed by atoms with Crippen molar-refractivity contribution in [3.8, 4) is 0 Å². The number of benzene rings is 1. The number of furan rings is 1. The lowest BCUT2D eigenvalue weighted by atomic mass is 10.3. The van der Waals surface area contributed by atoms with Gasteiger partial charge in [0.05, 0.1) is 18.4 Å². The average molecular weight is 298 g/mol. The van der Waals surface area contributed by atoms with Gasteiger partial charge in [0.25, 0.3) is 0 Å². The summed E-state index contributed by atoms with van der Waals surface area (Å²) in [6.07, 6.45) is 1.46. The number of methoxy groups -OCH3 is 1. The van der Waals surface area contributed by atoms with Crippen molar-refractivity contribution in [2.24, 2.45) is 0 Å². The number of nitrogens with two attached hydrogens (primary N) is 1. The van der Waals surface area contributed by atoms with Gasteiger partial charge in [-0.1, -0.05) is 11.6 Å². The van der Waals surface area contributed by atoms with Gasteiger partial charge < -0.3 is 14.9 Å². The molecule has 0 aliphatic rings. The fraction of sp³-hybridized carbons (Fsp3) is 0.154. The third-order valence-corrected chi connectivity index (χ3v) is 4.00. The predicted octanol–water partition coefficient (Wildman–Crippen LogP) is 3.59. The summed E-state index contributed by atoms with van der Waals surface area (Å²) >= 11 is 7.56. The fourth-order valence-corrected chi connectivity index (χ4v) is 2.75. The number of thioether (sulfide) groups is 1. The molecule has 0 spiro atoms. The van der Waals surface area contributed by atoms with E-state index in [1.54, 1.807) is 24.3 Å². The van der Waals surface area contributed by atoms with E-state index >= 15 is 0 Å². The first kappa shape index (κ1) is 13.8. The standard InChI is InChI=1S/C13H12ClNO3S/c1-17-13(16)12-8(4-5-18-12)7-19-11-6-9(15)2-3-10(11)14/h2-6H,7,15H2,1H3. The van der Waals surface area contributed by atoms with Gasteiger partial charge in [0.1, 0.15) is 0 Å². The first-order valence-corrected chi connectivity index (χ1v) is 6.80. The minimum Gasteiger partial charge on any atom is -0.463 e. The highest BCUT2D eigenvalue weighted by atomic mass is 35.5. The van der Waals surface area contributed by atoms with E-state index in [9.17, 15) is 4.79 Å². The van der Waals surface area contributed by atoms with E-state index in [2.05, 4.69) is 4.74 Å². The van der Waals surface area contributed by atoms with E-state index < -0.39 is 5.97 Å². The summed E-state index contributed by atoms with van der Waals surface area (Å²) < 4.78 is 9.76. The van der Waals surface area contributed by atoms with Gasteiger partial charge in [-0.25, -0.2) is 4.79 Å². The van der Waals surface area contributed by atoms with Crippen molar-refractivity contribution in [2.75, 3.05) is 12.8 Å². The zero-order valence-electron chi connectivity index (χ0n) is 10.2. The SMILES string of the molecule is COC(=O)c1occc1CSc1cc(N)ccc1Cl. The number of rotatable bonds is 4. The Bertz CT molecular complexity index is 597. The van der Waals surface area contributed by atoms with Crippen molar-refractivity contribution < 1.29 is 13.9 Å². The molecule has 0 saturated carbocycles. The van der Waals surface area contributed by atoms with Crippen LogP contribution in [0.3, 0.4) is 0 Å². The molecule has 6 heteroatoms. The number of ether oxygens (including phenoxy) is 1. The van der Waals surface area contributed by atoms with Crippen LogP contribution in [0.15, 0.2) is 39.8 Å². The summed E-state index contributed by atoms with van der Waals surface area (Å²) in [6, 6.07) is 7.02. The van der Waals surface area contributed by atoms with Crippen LogP contribution >= 0.6 is 23.4 Å². The van der Waals surface area contributed by atoms with Gasteiger partial charge in [-0.05, 0) is 24.3 Å². The lowest BCUT2D eigenvalue weighted by Crippen LogP contribution is -2.02. The maximum Gasteiger partial charge on any atom is 0.374 e. The zero-order valence-corrected chi connectivity index (χ0v) is 11.8. The summed E-state index contributed by atoms with van der Waals surface area (Å²) in [5.41, 5.74) is 7.12. The number of hydrogen-bond acceptors (Lipinski definition) is 5. The zero-order chi connectivity index (χ0) is 13.8. The van der Waals surface area contributed by atoms with E-state index in [1.807, 2.05) is 0 Å². The van der Waals surface area contributed by atoms with Gasteiger partial charge in [0.2, 0.25) is 5.76 Å². The van der Waals surface area contributed by atoms with Crippen molar-refractivity contribution >= 4 is 35.0 Å². The van der Waals surface area contributed by atoms with Crippen LogP contribution in [0.5, 0.6) is 0 Å². The molecular formula is C13H12ClNO3S. The summed E-state index contributed by atoms with van der Waals surface area (Å²) in [4.78, 5) is 12.3. The third kappa shape index (κ3) is 3.24. The minimum absolute atomic E-state index is 0.218. The Kier molecular flexibility index (Phi) is 4.39. The fourth-order valence-electron chi connectivity index (χ4n) is 1.51. The van der Waals surface area contributed by atoms with Crippen molar-refractivity contribution in [1.82, 2.24) is 0 Å². The van der Waals surface area contributed by atoms with Crippen LogP contribution in [0.1, 0.15) is 16.1 Å². The van der Waals surface area contributed by atoms with Crippen LogP contribution in [-0.4, -0.2) is 13.1 Å². The third-order valence-electron chi connectivity index (χ3n) is 2.46. The maximum atomic E-state index is 11.5. The van der Waals surface area contributed by atoms with Crippen LogP contribution in [0.2, 0.25) is 5.02 Å². The molecule has 1 aromatic carbocycles. The summed E-state index contributed by atoms with van der Waals surface area (Å²) in [5.74, 6) is 0.277. The molecule has 0 unspecified atom stereocenters. The minimum atomic E-state index is -0.487. The first-order chi connectivity index (χ1) is 9.11. The Morgan fingerprint density at radius 3 is 3.00 bits per heavy atom. The van der Waals surface area contributed by atoms with E-state index in [-0.39, 0.29) is 5.76 Å². The molecule has 2 rings (SSSR count). The molecule has 0 bridgehead atoms. The molecule has 1 aromatic heterocycles. The molecule has 0 aliphatic carbocycles. The second-order valence-corrected chi connectivity index (χ2v) is 5.17. The summed E-state index contributed by atoms with van der Waals surface area (Å²) in [5, 5.41) is 0.627. The quantitative estimate of drug-likeness (QED) is 0.531.